The van der Waals surface area contributed by atoms with Crippen LogP contribution in [0.3, 0.4) is 0 Å². The van der Waals surface area contributed by atoms with Crippen LogP contribution in [-0.2, 0) is 0 Å². The summed E-state index contributed by atoms with van der Waals surface area (Å²) >= 11 is 5.89. The van der Waals surface area contributed by atoms with Crippen LogP contribution in [0.1, 0.15) is 35.7 Å². The van der Waals surface area contributed by atoms with Crippen molar-refractivity contribution in [2.75, 3.05) is 5.32 Å². The maximum Gasteiger partial charge on any atom is 0.260 e. The third-order valence-corrected chi connectivity index (χ3v) is 3.34. The lowest BCUT2D eigenvalue weighted by molar-refractivity contribution is 0.102. The molecule has 0 aromatic heterocycles. The van der Waals surface area contributed by atoms with Crippen molar-refractivity contribution in [3.63, 3.8) is 0 Å². The second kappa shape index (κ2) is 6.06. The number of carbonyl (C=O) groups excluding carboxylic acids is 1. The van der Waals surface area contributed by atoms with Gasteiger partial charge in [0.2, 0.25) is 0 Å². The number of anilines is 1. The Bertz CT molecular complexity index is 620. The Kier molecular flexibility index (Phi) is 4.40. The highest BCUT2D eigenvalue weighted by Crippen LogP contribution is 2.26. The second-order valence-electron chi connectivity index (χ2n) is 4.79. The zero-order valence-corrected chi connectivity index (χ0v) is 12.0. The maximum absolute atomic E-state index is 13.7. The summed E-state index contributed by atoms with van der Waals surface area (Å²) in [5, 5.41) is 2.83. The Morgan fingerprint density at radius 2 is 1.85 bits per heavy atom. The van der Waals surface area contributed by atoms with Crippen LogP contribution >= 0.6 is 11.6 Å². The van der Waals surface area contributed by atoms with Gasteiger partial charge in [0.15, 0.2) is 0 Å². The minimum absolute atomic E-state index is 0.101. The van der Waals surface area contributed by atoms with Crippen LogP contribution in [0.2, 0.25) is 5.02 Å². The topological polar surface area (TPSA) is 29.1 Å². The van der Waals surface area contributed by atoms with E-state index in [2.05, 4.69) is 5.32 Å². The first-order valence-corrected chi connectivity index (χ1v) is 6.72. The highest BCUT2D eigenvalue weighted by molar-refractivity contribution is 6.34. The van der Waals surface area contributed by atoms with E-state index in [-0.39, 0.29) is 16.5 Å². The molecule has 0 fully saturated rings. The summed E-state index contributed by atoms with van der Waals surface area (Å²) in [6, 6.07) is 11.6. The predicted octanol–water partition coefficient (Wildman–Crippen LogP) is 4.85. The minimum Gasteiger partial charge on any atom is -0.322 e. The molecule has 0 heterocycles. The van der Waals surface area contributed by atoms with Crippen LogP contribution in [0.4, 0.5) is 10.1 Å². The lowest BCUT2D eigenvalue weighted by Gasteiger charge is -2.14. The molecule has 0 atom stereocenters. The zero-order chi connectivity index (χ0) is 14.7. The van der Waals surface area contributed by atoms with Crippen molar-refractivity contribution in [1.29, 1.82) is 0 Å². The van der Waals surface area contributed by atoms with Gasteiger partial charge in [-0.1, -0.05) is 49.7 Å². The molecule has 104 valence electrons. The van der Waals surface area contributed by atoms with Gasteiger partial charge < -0.3 is 5.32 Å². The average molecular weight is 292 g/mol. The molecular weight excluding hydrogens is 277 g/mol. The van der Waals surface area contributed by atoms with Gasteiger partial charge in [-0.05, 0) is 29.7 Å². The fraction of sp³-hybridized carbons (Fsp3) is 0.188. The van der Waals surface area contributed by atoms with Gasteiger partial charge in [-0.25, -0.2) is 4.39 Å². The van der Waals surface area contributed by atoms with Gasteiger partial charge in [0.05, 0.1) is 10.6 Å². The molecule has 0 bridgehead atoms. The number of hydrogen-bond acceptors (Lipinski definition) is 1. The first-order valence-electron chi connectivity index (χ1n) is 6.35. The first-order chi connectivity index (χ1) is 9.50. The van der Waals surface area contributed by atoms with Gasteiger partial charge in [-0.2, -0.15) is 0 Å². The normalized spacial score (nSPS) is 10.7. The smallest absolute Gasteiger partial charge is 0.260 e. The van der Waals surface area contributed by atoms with Gasteiger partial charge in [0.1, 0.15) is 5.82 Å². The van der Waals surface area contributed by atoms with Crippen molar-refractivity contribution in [3.05, 3.63) is 64.4 Å². The zero-order valence-electron chi connectivity index (χ0n) is 11.3. The van der Waals surface area contributed by atoms with Crippen molar-refractivity contribution < 1.29 is 9.18 Å². The molecule has 0 saturated carbocycles. The molecule has 2 aromatic carbocycles. The Labute approximate surface area is 122 Å². The van der Waals surface area contributed by atoms with Crippen molar-refractivity contribution in [2.45, 2.75) is 19.8 Å². The molecule has 2 rings (SSSR count). The summed E-state index contributed by atoms with van der Waals surface area (Å²) < 4.78 is 13.7. The van der Waals surface area contributed by atoms with E-state index in [0.29, 0.717) is 5.69 Å². The highest BCUT2D eigenvalue weighted by atomic mass is 35.5. The van der Waals surface area contributed by atoms with Crippen LogP contribution in [0.25, 0.3) is 0 Å². The summed E-state index contributed by atoms with van der Waals surface area (Å²) in [4.78, 5) is 12.2. The van der Waals surface area contributed by atoms with E-state index in [1.165, 1.54) is 18.2 Å². The van der Waals surface area contributed by atoms with Crippen molar-refractivity contribution in [2.24, 2.45) is 0 Å². The van der Waals surface area contributed by atoms with E-state index in [1.807, 2.05) is 32.0 Å². The monoisotopic (exact) mass is 291 g/mol. The molecule has 4 heteroatoms. The minimum atomic E-state index is -0.628. The van der Waals surface area contributed by atoms with E-state index in [4.69, 9.17) is 11.6 Å². The fourth-order valence-electron chi connectivity index (χ4n) is 2.01. The van der Waals surface area contributed by atoms with Crippen molar-refractivity contribution in [3.8, 4) is 0 Å². The maximum atomic E-state index is 13.7. The number of benzene rings is 2. The molecule has 0 unspecified atom stereocenters. The SMILES string of the molecule is CC(C)c1ccccc1NC(=O)c1c(F)cccc1Cl. The Hall–Kier alpha value is -1.87. The van der Waals surface area contributed by atoms with Crippen molar-refractivity contribution in [1.82, 2.24) is 0 Å². The second-order valence-corrected chi connectivity index (χ2v) is 5.20. The third kappa shape index (κ3) is 2.99. The number of hydrogen-bond donors (Lipinski definition) is 1. The lowest BCUT2D eigenvalue weighted by Crippen LogP contribution is -2.15. The molecule has 0 aliphatic rings. The third-order valence-electron chi connectivity index (χ3n) is 3.02. The molecule has 0 aliphatic heterocycles. The van der Waals surface area contributed by atoms with Gasteiger partial charge >= 0.3 is 0 Å². The van der Waals surface area contributed by atoms with Crippen LogP contribution in [0, 0.1) is 5.82 Å². The Morgan fingerprint density at radius 1 is 1.15 bits per heavy atom. The molecular formula is C16H15ClFNO. The summed E-state index contributed by atoms with van der Waals surface area (Å²) in [5.41, 5.74) is 1.54. The van der Waals surface area contributed by atoms with Crippen LogP contribution < -0.4 is 5.32 Å². The summed E-state index contributed by atoms with van der Waals surface area (Å²) in [6.45, 7) is 4.06. The highest BCUT2D eigenvalue weighted by Gasteiger charge is 2.17. The van der Waals surface area contributed by atoms with Crippen LogP contribution in [-0.4, -0.2) is 5.91 Å². The Morgan fingerprint density at radius 3 is 2.50 bits per heavy atom. The standard InChI is InChI=1S/C16H15ClFNO/c1-10(2)11-6-3-4-9-14(11)19-16(20)15-12(17)7-5-8-13(15)18/h3-10H,1-2H3,(H,19,20). The van der Waals surface area contributed by atoms with E-state index < -0.39 is 11.7 Å². The number of para-hydroxylation sites is 1. The van der Waals surface area contributed by atoms with E-state index >= 15 is 0 Å². The van der Waals surface area contributed by atoms with Gasteiger partial charge in [0, 0.05) is 5.69 Å². The van der Waals surface area contributed by atoms with Gasteiger partial charge in [-0.15, -0.1) is 0 Å². The van der Waals surface area contributed by atoms with E-state index in [0.717, 1.165) is 5.56 Å². The molecule has 2 aromatic rings. The quantitative estimate of drug-likeness (QED) is 0.860. The molecule has 0 aliphatic carbocycles. The van der Waals surface area contributed by atoms with E-state index in [1.54, 1.807) is 6.07 Å². The Balaban J connectivity index is 2.33. The summed E-state index contributed by atoms with van der Waals surface area (Å²) in [6.07, 6.45) is 0. The number of amides is 1. The van der Waals surface area contributed by atoms with Crippen LogP contribution in [0.5, 0.6) is 0 Å². The van der Waals surface area contributed by atoms with Crippen molar-refractivity contribution >= 4 is 23.2 Å². The number of carbonyl (C=O) groups is 1. The first kappa shape index (κ1) is 14.5. The van der Waals surface area contributed by atoms with E-state index in [9.17, 15) is 9.18 Å². The molecule has 2 nitrogen and oxygen atoms in total. The van der Waals surface area contributed by atoms with Crippen LogP contribution in [0.15, 0.2) is 42.5 Å². The molecule has 20 heavy (non-hydrogen) atoms. The fourth-order valence-corrected chi connectivity index (χ4v) is 2.26. The molecule has 0 saturated heterocycles. The number of halogens is 2. The molecule has 0 radical (unpaired) electrons. The predicted molar refractivity (Wildman–Crippen MR) is 79.9 cm³/mol. The number of rotatable bonds is 3. The number of nitrogens with one attached hydrogen (secondary N) is 1. The summed E-state index contributed by atoms with van der Waals surface area (Å²) in [5.74, 6) is -0.916. The molecule has 1 N–H and O–H groups in total. The molecule has 0 spiro atoms. The average Bonchev–Trinajstić information content (AvgIpc) is 2.38. The molecule has 1 amide bonds. The van der Waals surface area contributed by atoms with Gasteiger partial charge in [-0.3, -0.25) is 4.79 Å². The largest absolute Gasteiger partial charge is 0.322 e. The van der Waals surface area contributed by atoms with Gasteiger partial charge in [0.25, 0.3) is 5.91 Å². The summed E-state index contributed by atoms with van der Waals surface area (Å²) in [7, 11) is 0. The lowest BCUT2D eigenvalue weighted by atomic mass is 10.0.